The van der Waals surface area contributed by atoms with Crippen LogP contribution in [0, 0.1) is 5.82 Å². The van der Waals surface area contributed by atoms with Gasteiger partial charge in [-0.2, -0.15) is 4.31 Å². The molecular weight excluding hydrogens is 475 g/mol. The fraction of sp³-hybridized carbons (Fsp3) is 0.278. The van der Waals surface area contributed by atoms with Crippen molar-refractivity contribution in [3.63, 3.8) is 0 Å². The Balaban J connectivity index is 1.56. The number of carbonyl (C=O) groups excluding carboxylic acids is 1. The smallest absolute Gasteiger partial charge is 0.260 e. The van der Waals surface area contributed by atoms with E-state index in [0.717, 1.165) is 10.5 Å². The van der Waals surface area contributed by atoms with Gasteiger partial charge in [0.2, 0.25) is 10.0 Å². The molecule has 1 aliphatic rings. The van der Waals surface area contributed by atoms with Crippen LogP contribution < -0.4 is 4.74 Å². The number of nitrogens with zero attached hydrogens (tertiary/aromatic N) is 2. The summed E-state index contributed by atoms with van der Waals surface area (Å²) in [5.41, 5.74) is 0. The molecule has 1 aliphatic heterocycles. The zero-order chi connectivity index (χ0) is 20.3. The highest BCUT2D eigenvalue weighted by atomic mass is 79.9. The number of sulfonamides is 1. The summed E-state index contributed by atoms with van der Waals surface area (Å²) in [7, 11) is -3.80. The van der Waals surface area contributed by atoms with Gasteiger partial charge in [-0.15, -0.1) is 0 Å². The highest BCUT2D eigenvalue weighted by Crippen LogP contribution is 2.27. The molecule has 1 heterocycles. The maximum Gasteiger partial charge on any atom is 0.260 e. The van der Waals surface area contributed by atoms with Gasteiger partial charge in [0.25, 0.3) is 5.91 Å². The SMILES string of the molecule is O=C(COc1ccc(Br)cc1Cl)N1CCN(S(=O)(=O)c2cccc(F)c2)CC1. The third-order valence-electron chi connectivity index (χ3n) is 4.27. The Bertz CT molecular complexity index is 981. The summed E-state index contributed by atoms with van der Waals surface area (Å²) in [6.45, 7) is 0.515. The van der Waals surface area contributed by atoms with Gasteiger partial charge in [0.1, 0.15) is 11.6 Å². The number of amides is 1. The molecule has 2 aromatic rings. The average molecular weight is 492 g/mol. The second-order valence-corrected chi connectivity index (χ2v) is 9.37. The molecule has 0 aliphatic carbocycles. The molecule has 28 heavy (non-hydrogen) atoms. The number of hydrogen-bond acceptors (Lipinski definition) is 4. The standard InChI is InChI=1S/C18H17BrClFN2O4S/c19-13-4-5-17(16(20)10-13)27-12-18(24)22-6-8-23(9-7-22)28(25,26)15-3-1-2-14(21)11-15/h1-5,10-11H,6-9,12H2. The predicted octanol–water partition coefficient (Wildman–Crippen LogP) is 3.15. The first kappa shape index (κ1) is 21.0. The molecule has 2 aromatic carbocycles. The highest BCUT2D eigenvalue weighted by Gasteiger charge is 2.30. The molecule has 0 bridgehead atoms. The van der Waals surface area contributed by atoms with Crippen LogP contribution >= 0.6 is 27.5 Å². The van der Waals surface area contributed by atoms with Gasteiger partial charge < -0.3 is 9.64 Å². The van der Waals surface area contributed by atoms with Crippen LogP contribution in [0.2, 0.25) is 5.02 Å². The third-order valence-corrected chi connectivity index (χ3v) is 6.95. The molecule has 0 atom stereocenters. The first-order valence-corrected chi connectivity index (χ1v) is 11.0. The van der Waals surface area contributed by atoms with Gasteiger partial charge in [-0.3, -0.25) is 4.79 Å². The van der Waals surface area contributed by atoms with Gasteiger partial charge >= 0.3 is 0 Å². The lowest BCUT2D eigenvalue weighted by atomic mass is 10.3. The van der Waals surface area contributed by atoms with E-state index in [9.17, 15) is 17.6 Å². The fourth-order valence-electron chi connectivity index (χ4n) is 2.78. The van der Waals surface area contributed by atoms with Crippen LogP contribution in [-0.2, 0) is 14.8 Å². The molecular formula is C18H17BrClFN2O4S. The molecule has 150 valence electrons. The molecule has 1 saturated heterocycles. The van der Waals surface area contributed by atoms with Gasteiger partial charge in [0.15, 0.2) is 6.61 Å². The van der Waals surface area contributed by atoms with Crippen molar-refractivity contribution in [2.75, 3.05) is 32.8 Å². The summed E-state index contributed by atoms with van der Waals surface area (Å²) < 4.78 is 46.1. The summed E-state index contributed by atoms with van der Waals surface area (Å²) in [5.74, 6) is -0.481. The summed E-state index contributed by atoms with van der Waals surface area (Å²) in [5, 5.41) is 0.383. The minimum atomic E-state index is -3.80. The van der Waals surface area contributed by atoms with E-state index in [1.165, 1.54) is 27.4 Å². The lowest BCUT2D eigenvalue weighted by Gasteiger charge is -2.34. The van der Waals surface area contributed by atoms with Crippen LogP contribution in [0.25, 0.3) is 0 Å². The Morgan fingerprint density at radius 3 is 2.50 bits per heavy atom. The van der Waals surface area contributed by atoms with Crippen molar-refractivity contribution in [2.24, 2.45) is 0 Å². The van der Waals surface area contributed by atoms with Crippen molar-refractivity contribution < 1.29 is 22.3 Å². The lowest BCUT2D eigenvalue weighted by Crippen LogP contribution is -2.51. The van der Waals surface area contributed by atoms with E-state index in [4.69, 9.17) is 16.3 Å². The topological polar surface area (TPSA) is 66.9 Å². The van der Waals surface area contributed by atoms with Gasteiger partial charge in [-0.25, -0.2) is 12.8 Å². The normalized spacial score (nSPS) is 15.5. The van der Waals surface area contributed by atoms with E-state index >= 15 is 0 Å². The average Bonchev–Trinajstić information content (AvgIpc) is 2.67. The number of carbonyl (C=O) groups is 1. The minimum Gasteiger partial charge on any atom is -0.482 e. The Kier molecular flexibility index (Phi) is 6.59. The summed E-state index contributed by atoms with van der Waals surface area (Å²) >= 11 is 9.35. The summed E-state index contributed by atoms with van der Waals surface area (Å²) in [6, 6.07) is 9.96. The summed E-state index contributed by atoms with van der Waals surface area (Å²) in [4.78, 5) is 13.8. The van der Waals surface area contributed by atoms with E-state index < -0.39 is 15.8 Å². The fourth-order valence-corrected chi connectivity index (χ4v) is 4.96. The van der Waals surface area contributed by atoms with E-state index in [-0.39, 0.29) is 43.6 Å². The van der Waals surface area contributed by atoms with Crippen molar-refractivity contribution in [3.8, 4) is 5.75 Å². The molecule has 10 heteroatoms. The highest BCUT2D eigenvalue weighted by molar-refractivity contribution is 9.10. The lowest BCUT2D eigenvalue weighted by molar-refractivity contribution is -0.134. The molecule has 3 rings (SSSR count). The van der Waals surface area contributed by atoms with Crippen LogP contribution in [0.3, 0.4) is 0 Å². The number of halogens is 3. The molecule has 0 radical (unpaired) electrons. The molecule has 0 saturated carbocycles. The Hall–Kier alpha value is -1.68. The van der Waals surface area contributed by atoms with E-state index in [0.29, 0.717) is 10.8 Å². The van der Waals surface area contributed by atoms with Crippen LogP contribution in [-0.4, -0.2) is 56.3 Å². The van der Waals surface area contributed by atoms with Crippen LogP contribution in [0.4, 0.5) is 4.39 Å². The van der Waals surface area contributed by atoms with Crippen molar-refractivity contribution in [1.82, 2.24) is 9.21 Å². The Labute approximate surface area is 176 Å². The van der Waals surface area contributed by atoms with Gasteiger partial charge in [-0.05, 0) is 36.4 Å². The monoisotopic (exact) mass is 490 g/mol. The van der Waals surface area contributed by atoms with Crippen molar-refractivity contribution in [3.05, 3.63) is 57.8 Å². The Morgan fingerprint density at radius 1 is 1.14 bits per heavy atom. The predicted molar refractivity (Wildman–Crippen MR) is 106 cm³/mol. The van der Waals surface area contributed by atoms with Gasteiger partial charge in [-0.1, -0.05) is 33.6 Å². The van der Waals surface area contributed by atoms with Crippen LogP contribution in [0.1, 0.15) is 0 Å². The minimum absolute atomic E-state index is 0.0968. The number of hydrogen-bond donors (Lipinski definition) is 0. The van der Waals surface area contributed by atoms with Crippen molar-refractivity contribution >= 4 is 43.5 Å². The molecule has 0 unspecified atom stereocenters. The number of benzene rings is 2. The van der Waals surface area contributed by atoms with Crippen LogP contribution in [0.15, 0.2) is 51.8 Å². The summed E-state index contributed by atoms with van der Waals surface area (Å²) in [6.07, 6.45) is 0. The van der Waals surface area contributed by atoms with E-state index in [1.807, 2.05) is 0 Å². The number of ether oxygens (including phenoxy) is 1. The second kappa shape index (κ2) is 8.77. The quantitative estimate of drug-likeness (QED) is 0.644. The zero-order valence-corrected chi connectivity index (χ0v) is 17.8. The van der Waals surface area contributed by atoms with E-state index in [1.54, 1.807) is 18.2 Å². The van der Waals surface area contributed by atoms with Crippen LogP contribution in [0.5, 0.6) is 5.75 Å². The first-order chi connectivity index (χ1) is 13.3. The second-order valence-electron chi connectivity index (χ2n) is 6.11. The molecule has 6 nitrogen and oxygen atoms in total. The first-order valence-electron chi connectivity index (χ1n) is 8.39. The largest absolute Gasteiger partial charge is 0.482 e. The third kappa shape index (κ3) is 4.83. The molecule has 0 N–H and O–H groups in total. The maximum absolute atomic E-state index is 13.3. The molecule has 1 fully saturated rings. The van der Waals surface area contributed by atoms with Crippen molar-refractivity contribution in [2.45, 2.75) is 4.90 Å². The molecule has 1 amide bonds. The van der Waals surface area contributed by atoms with Crippen molar-refractivity contribution in [1.29, 1.82) is 0 Å². The number of rotatable bonds is 5. The number of piperazine rings is 1. The van der Waals surface area contributed by atoms with Gasteiger partial charge in [0, 0.05) is 30.7 Å². The molecule has 0 spiro atoms. The van der Waals surface area contributed by atoms with Gasteiger partial charge in [0.05, 0.1) is 9.92 Å². The molecule has 0 aromatic heterocycles. The van der Waals surface area contributed by atoms with E-state index in [2.05, 4.69) is 15.9 Å². The maximum atomic E-state index is 13.3. The zero-order valence-electron chi connectivity index (χ0n) is 14.6. The Morgan fingerprint density at radius 2 is 1.86 bits per heavy atom.